The predicted octanol–water partition coefficient (Wildman–Crippen LogP) is 2.70. The number of halogens is 3. The smallest absolute Gasteiger partial charge is 0.369 e. The van der Waals surface area contributed by atoms with Crippen LogP contribution in [0.2, 0.25) is 0 Å². The van der Waals surface area contributed by atoms with E-state index in [4.69, 9.17) is 10.5 Å². The summed E-state index contributed by atoms with van der Waals surface area (Å²) in [6, 6.07) is 5.19. The maximum absolute atomic E-state index is 13.1. The van der Waals surface area contributed by atoms with Gasteiger partial charge in [-0.1, -0.05) is 12.1 Å². The summed E-state index contributed by atoms with van der Waals surface area (Å²) in [6.07, 6.45) is -0.506. The van der Waals surface area contributed by atoms with E-state index >= 15 is 0 Å². The highest BCUT2D eigenvalue weighted by atomic mass is 19.4. The summed E-state index contributed by atoms with van der Waals surface area (Å²) >= 11 is 0. The number of alkyl halides is 3. The number of carbonyl (C=O) groups is 2. The van der Waals surface area contributed by atoms with Gasteiger partial charge >= 0.3 is 6.18 Å². The second-order valence-corrected chi connectivity index (χ2v) is 10.4. The van der Waals surface area contributed by atoms with E-state index in [1.54, 1.807) is 0 Å². The zero-order valence-corrected chi connectivity index (χ0v) is 18.4. The van der Waals surface area contributed by atoms with Crippen LogP contribution in [0.15, 0.2) is 24.3 Å². The Hall–Kier alpha value is -2.13. The molecule has 3 atom stereocenters. The lowest BCUT2D eigenvalue weighted by molar-refractivity contribution is -0.151. The number of amides is 2. The van der Waals surface area contributed by atoms with E-state index in [1.807, 2.05) is 4.90 Å². The number of carbonyl (C=O) groups excluding carboxylic acids is 2. The van der Waals surface area contributed by atoms with Gasteiger partial charge in [-0.25, -0.2) is 0 Å². The molecule has 4 aliphatic carbocycles. The lowest BCUT2D eigenvalue weighted by Crippen LogP contribution is -2.63. The maximum atomic E-state index is 13.1. The van der Waals surface area contributed by atoms with Crippen LogP contribution >= 0.6 is 0 Å². The molecule has 1 saturated heterocycles. The van der Waals surface area contributed by atoms with Gasteiger partial charge in [0.2, 0.25) is 5.91 Å². The molecule has 5 fully saturated rings. The summed E-state index contributed by atoms with van der Waals surface area (Å²) in [6.45, 7) is 1.86. The van der Waals surface area contributed by atoms with Crippen molar-refractivity contribution in [2.24, 2.45) is 28.9 Å². The molecule has 6 nitrogen and oxygen atoms in total. The molecule has 33 heavy (non-hydrogen) atoms. The van der Waals surface area contributed by atoms with E-state index in [-0.39, 0.29) is 29.7 Å². The van der Waals surface area contributed by atoms with Crippen LogP contribution < -0.4 is 11.1 Å². The Morgan fingerprint density at radius 1 is 1.12 bits per heavy atom. The Morgan fingerprint density at radius 2 is 1.79 bits per heavy atom. The van der Waals surface area contributed by atoms with Crippen molar-refractivity contribution in [3.05, 3.63) is 35.4 Å². The van der Waals surface area contributed by atoms with Crippen molar-refractivity contribution in [3.63, 3.8) is 0 Å². The minimum atomic E-state index is -4.35. The highest BCUT2D eigenvalue weighted by molar-refractivity contribution is 5.83. The molecule has 6 rings (SSSR count). The second kappa shape index (κ2) is 8.27. The number of nitrogens with zero attached hydrogens (tertiary/aromatic N) is 1. The van der Waals surface area contributed by atoms with Gasteiger partial charge < -0.3 is 15.8 Å². The minimum Gasteiger partial charge on any atom is -0.369 e. The number of nitrogens with one attached hydrogen (secondary N) is 1. The largest absolute Gasteiger partial charge is 0.416 e. The van der Waals surface area contributed by atoms with Crippen LogP contribution in [0.25, 0.3) is 0 Å². The monoisotopic (exact) mass is 465 g/mol. The average molecular weight is 466 g/mol. The number of hydrogen-bond donors (Lipinski definition) is 2. The third-order valence-corrected chi connectivity index (χ3v) is 8.24. The van der Waals surface area contributed by atoms with Gasteiger partial charge in [0.15, 0.2) is 0 Å². The molecule has 0 aromatic heterocycles. The van der Waals surface area contributed by atoms with Crippen molar-refractivity contribution >= 4 is 11.8 Å². The van der Waals surface area contributed by atoms with Crippen LogP contribution in [0.1, 0.15) is 43.2 Å². The first-order valence-corrected chi connectivity index (χ1v) is 11.7. The minimum absolute atomic E-state index is 0.0513. The molecule has 0 spiro atoms. The summed E-state index contributed by atoms with van der Waals surface area (Å²) in [4.78, 5) is 27.3. The molecule has 2 unspecified atom stereocenters. The molecule has 180 valence electrons. The van der Waals surface area contributed by atoms with E-state index in [0.29, 0.717) is 32.2 Å². The molecule has 5 aliphatic rings. The molecule has 2 amide bonds. The van der Waals surface area contributed by atoms with Crippen molar-refractivity contribution in [2.45, 2.75) is 57.0 Å². The van der Waals surface area contributed by atoms with Gasteiger partial charge in [-0.2, -0.15) is 13.2 Å². The van der Waals surface area contributed by atoms with Gasteiger partial charge in [-0.3, -0.25) is 14.5 Å². The predicted molar refractivity (Wildman–Crippen MR) is 114 cm³/mol. The van der Waals surface area contributed by atoms with Crippen LogP contribution in [0.3, 0.4) is 0 Å². The van der Waals surface area contributed by atoms with Gasteiger partial charge in [0.05, 0.1) is 12.2 Å². The fourth-order valence-electron chi connectivity index (χ4n) is 6.88. The Labute approximate surface area is 191 Å². The van der Waals surface area contributed by atoms with Crippen molar-refractivity contribution in [2.75, 3.05) is 19.7 Å². The molecule has 9 heteroatoms. The van der Waals surface area contributed by atoms with E-state index < -0.39 is 23.3 Å². The standard InChI is InChI=1S/C24H30F3N3O3/c25-24(26,27)18-3-1-14(2-4-18)12-30-5-6-33-19(13-30)21(31)29-20-16-7-15-8-17(20)11-23(9-15,10-16)22(28)32/h1-4,15-17,19-20H,5-13H2,(H2,28,32)(H,29,31)/t15?,16?,17?,19-,20?,23?/m1/s1. The van der Waals surface area contributed by atoms with Gasteiger partial charge in [0.1, 0.15) is 6.10 Å². The second-order valence-electron chi connectivity index (χ2n) is 10.4. The first-order chi connectivity index (χ1) is 15.6. The van der Waals surface area contributed by atoms with Crippen LogP contribution in [0, 0.1) is 23.2 Å². The molecule has 4 saturated carbocycles. The molecule has 3 N–H and O–H groups in total. The van der Waals surface area contributed by atoms with E-state index in [1.165, 1.54) is 12.1 Å². The highest BCUT2D eigenvalue weighted by Gasteiger charge is 2.58. The Balaban J connectivity index is 1.18. The lowest BCUT2D eigenvalue weighted by Gasteiger charge is -2.59. The first kappa shape index (κ1) is 22.7. The average Bonchev–Trinajstić information content (AvgIpc) is 2.75. The molecule has 1 heterocycles. The van der Waals surface area contributed by atoms with Crippen molar-refractivity contribution in [3.8, 4) is 0 Å². The number of benzene rings is 1. The van der Waals surface area contributed by atoms with Gasteiger partial charge in [0.25, 0.3) is 5.91 Å². The Bertz CT molecular complexity index is 904. The molecule has 1 aliphatic heterocycles. The fourth-order valence-corrected chi connectivity index (χ4v) is 6.88. The molecule has 0 radical (unpaired) electrons. The van der Waals surface area contributed by atoms with E-state index in [9.17, 15) is 22.8 Å². The molecular weight excluding hydrogens is 435 g/mol. The number of primary amides is 1. The summed E-state index contributed by atoms with van der Waals surface area (Å²) < 4.78 is 44.1. The lowest BCUT2D eigenvalue weighted by atomic mass is 9.47. The summed E-state index contributed by atoms with van der Waals surface area (Å²) in [7, 11) is 0. The van der Waals surface area contributed by atoms with Crippen molar-refractivity contribution < 1.29 is 27.5 Å². The van der Waals surface area contributed by atoms with Gasteiger partial charge in [0, 0.05) is 31.1 Å². The van der Waals surface area contributed by atoms with Crippen molar-refractivity contribution in [1.82, 2.24) is 10.2 Å². The van der Waals surface area contributed by atoms with Crippen LogP contribution in [-0.4, -0.2) is 48.6 Å². The zero-order valence-electron chi connectivity index (χ0n) is 18.4. The van der Waals surface area contributed by atoms with E-state index in [2.05, 4.69) is 5.32 Å². The summed E-state index contributed by atoms with van der Waals surface area (Å²) in [5, 5.41) is 3.23. The van der Waals surface area contributed by atoms with Crippen LogP contribution in [0.5, 0.6) is 0 Å². The SMILES string of the molecule is NC(=O)C12CC3CC(C1)C(NC(=O)[C@H]1CN(Cc4ccc(C(F)(F)F)cc4)CCO1)C(C3)C2. The van der Waals surface area contributed by atoms with Gasteiger partial charge in [-0.15, -0.1) is 0 Å². The van der Waals surface area contributed by atoms with Crippen LogP contribution in [0.4, 0.5) is 13.2 Å². The number of morpholine rings is 1. The Morgan fingerprint density at radius 3 is 2.39 bits per heavy atom. The third-order valence-electron chi connectivity index (χ3n) is 8.24. The fraction of sp³-hybridized carbons (Fsp3) is 0.667. The number of nitrogens with two attached hydrogens (primary N) is 1. The molecule has 1 aromatic carbocycles. The summed E-state index contributed by atoms with van der Waals surface area (Å²) in [5.74, 6) is 0.742. The number of rotatable bonds is 5. The molecule has 4 bridgehead atoms. The van der Waals surface area contributed by atoms with Crippen molar-refractivity contribution in [1.29, 1.82) is 0 Å². The number of hydrogen-bond acceptors (Lipinski definition) is 4. The topological polar surface area (TPSA) is 84.7 Å². The third kappa shape index (κ3) is 4.37. The van der Waals surface area contributed by atoms with Crippen LogP contribution in [-0.2, 0) is 27.0 Å². The zero-order chi connectivity index (χ0) is 23.4. The Kier molecular flexibility index (Phi) is 5.68. The molecular formula is C24H30F3N3O3. The maximum Gasteiger partial charge on any atom is 0.416 e. The number of ether oxygens (including phenoxy) is 1. The summed E-state index contributed by atoms with van der Waals surface area (Å²) in [5.41, 5.74) is 5.46. The van der Waals surface area contributed by atoms with Gasteiger partial charge in [-0.05, 0) is 67.6 Å². The molecule has 1 aromatic rings. The van der Waals surface area contributed by atoms with E-state index in [0.717, 1.165) is 49.8 Å². The quantitative estimate of drug-likeness (QED) is 0.701. The first-order valence-electron chi connectivity index (χ1n) is 11.7. The highest BCUT2D eigenvalue weighted by Crippen LogP contribution is 2.59. The normalized spacial score (nSPS) is 36.0.